The molecular formula is C26H24ClNO3. The van der Waals surface area contributed by atoms with Crippen molar-refractivity contribution < 1.29 is 14.7 Å². The number of halogens is 1. The second-order valence-electron chi connectivity index (χ2n) is 7.99. The van der Waals surface area contributed by atoms with Gasteiger partial charge in [0.25, 0.3) is 5.91 Å². The zero-order valence-corrected chi connectivity index (χ0v) is 18.3. The normalized spacial score (nSPS) is 17.7. The van der Waals surface area contributed by atoms with Crippen molar-refractivity contribution in [3.8, 4) is 0 Å². The molecule has 31 heavy (non-hydrogen) atoms. The molecule has 1 aliphatic heterocycles. The summed E-state index contributed by atoms with van der Waals surface area (Å²) < 4.78 is 0. The van der Waals surface area contributed by atoms with Gasteiger partial charge < -0.3 is 10.0 Å². The van der Waals surface area contributed by atoms with Crippen LogP contribution in [0.15, 0.2) is 66.7 Å². The van der Waals surface area contributed by atoms with Crippen molar-refractivity contribution in [2.75, 3.05) is 4.90 Å². The van der Waals surface area contributed by atoms with Gasteiger partial charge >= 0.3 is 0 Å². The third-order valence-electron chi connectivity index (χ3n) is 5.98. The Labute approximate surface area is 187 Å². The van der Waals surface area contributed by atoms with Crippen LogP contribution in [-0.4, -0.2) is 16.8 Å². The minimum absolute atomic E-state index is 0.290. The summed E-state index contributed by atoms with van der Waals surface area (Å²) >= 11 is 6.19. The Kier molecular flexibility index (Phi) is 5.69. The standard InChI is InChI=1S/C26H24ClNO3/c1-3-18-8-10-19(11-9-18)24(29)15-26(31)22-14-21(27)12-13-23(22)28(25(26)30)16-20-7-5-4-6-17(20)2/h4-14,31H,3,15-16H2,1-2H3/t26-/m0/s1. The van der Waals surface area contributed by atoms with Crippen molar-refractivity contribution in [2.45, 2.75) is 38.8 Å². The zero-order valence-electron chi connectivity index (χ0n) is 17.6. The molecule has 3 aromatic carbocycles. The van der Waals surface area contributed by atoms with Gasteiger partial charge in [-0.1, -0.05) is 67.1 Å². The van der Waals surface area contributed by atoms with Gasteiger partial charge in [-0.2, -0.15) is 0 Å². The number of hydrogen-bond donors (Lipinski definition) is 1. The first-order valence-corrected chi connectivity index (χ1v) is 10.7. The summed E-state index contributed by atoms with van der Waals surface area (Å²) in [5.74, 6) is -0.797. The van der Waals surface area contributed by atoms with E-state index >= 15 is 0 Å². The molecular weight excluding hydrogens is 410 g/mol. The number of anilines is 1. The van der Waals surface area contributed by atoms with E-state index in [4.69, 9.17) is 11.6 Å². The summed E-state index contributed by atoms with van der Waals surface area (Å²) in [6, 6.07) is 20.1. The smallest absolute Gasteiger partial charge is 0.264 e. The van der Waals surface area contributed by atoms with Crippen molar-refractivity contribution in [3.05, 3.63) is 99.6 Å². The molecule has 1 atom stereocenters. The number of fused-ring (bicyclic) bond motifs is 1. The lowest BCUT2D eigenvalue weighted by atomic mass is 9.88. The fraction of sp³-hybridized carbons (Fsp3) is 0.231. The van der Waals surface area contributed by atoms with Crippen LogP contribution in [0.25, 0.3) is 0 Å². The Morgan fingerprint density at radius 3 is 2.45 bits per heavy atom. The van der Waals surface area contributed by atoms with E-state index in [1.807, 2.05) is 50.2 Å². The lowest BCUT2D eigenvalue weighted by Crippen LogP contribution is -2.41. The maximum atomic E-state index is 13.5. The van der Waals surface area contributed by atoms with Gasteiger partial charge in [-0.3, -0.25) is 9.59 Å². The minimum atomic E-state index is -1.95. The Morgan fingerprint density at radius 1 is 1.06 bits per heavy atom. The van der Waals surface area contributed by atoms with Gasteiger partial charge in [-0.25, -0.2) is 0 Å². The van der Waals surface area contributed by atoms with Gasteiger partial charge in [0.05, 0.1) is 18.7 Å². The van der Waals surface area contributed by atoms with Crippen LogP contribution in [0.1, 0.15) is 46.0 Å². The monoisotopic (exact) mass is 433 g/mol. The fourth-order valence-electron chi connectivity index (χ4n) is 4.07. The lowest BCUT2D eigenvalue weighted by molar-refractivity contribution is -0.136. The molecule has 5 heteroatoms. The number of carbonyl (C=O) groups is 2. The van der Waals surface area contributed by atoms with Gasteiger partial charge in [0.1, 0.15) is 0 Å². The molecule has 0 unspecified atom stereocenters. The molecule has 1 heterocycles. The number of amides is 1. The van der Waals surface area contributed by atoms with Gasteiger partial charge in [0.15, 0.2) is 11.4 Å². The highest BCUT2D eigenvalue weighted by atomic mass is 35.5. The van der Waals surface area contributed by atoms with Crippen LogP contribution in [-0.2, 0) is 23.4 Å². The molecule has 0 fully saturated rings. The highest BCUT2D eigenvalue weighted by Gasteiger charge is 2.51. The number of aryl methyl sites for hydroxylation is 2. The Hall–Kier alpha value is -2.95. The molecule has 0 aliphatic carbocycles. The van der Waals surface area contributed by atoms with Crippen molar-refractivity contribution in [1.82, 2.24) is 0 Å². The minimum Gasteiger partial charge on any atom is -0.375 e. The molecule has 3 aromatic rings. The average Bonchev–Trinajstić information content (AvgIpc) is 2.96. The molecule has 0 saturated heterocycles. The van der Waals surface area contributed by atoms with E-state index in [-0.39, 0.29) is 12.2 Å². The number of aliphatic hydroxyl groups is 1. The summed E-state index contributed by atoms with van der Waals surface area (Å²) in [6.45, 7) is 4.33. The van der Waals surface area contributed by atoms with E-state index in [1.54, 1.807) is 35.2 Å². The Balaban J connectivity index is 1.70. The van der Waals surface area contributed by atoms with E-state index in [0.29, 0.717) is 28.4 Å². The Morgan fingerprint density at radius 2 is 1.77 bits per heavy atom. The number of ketones is 1. The second kappa shape index (κ2) is 8.29. The topological polar surface area (TPSA) is 57.6 Å². The predicted molar refractivity (Wildman–Crippen MR) is 122 cm³/mol. The summed E-state index contributed by atoms with van der Waals surface area (Å²) in [5, 5.41) is 11.9. The van der Waals surface area contributed by atoms with Crippen LogP contribution in [0, 0.1) is 6.92 Å². The Bertz CT molecular complexity index is 1160. The second-order valence-corrected chi connectivity index (χ2v) is 8.43. The van der Waals surface area contributed by atoms with E-state index in [9.17, 15) is 14.7 Å². The summed E-state index contributed by atoms with van der Waals surface area (Å²) in [4.78, 5) is 28.0. The third-order valence-corrected chi connectivity index (χ3v) is 6.22. The third kappa shape index (κ3) is 3.89. The van der Waals surface area contributed by atoms with Gasteiger partial charge in [-0.05, 0) is 48.2 Å². The van der Waals surface area contributed by atoms with Crippen LogP contribution in [0.2, 0.25) is 5.02 Å². The van der Waals surface area contributed by atoms with Crippen molar-refractivity contribution in [3.63, 3.8) is 0 Å². The number of benzene rings is 3. The number of rotatable bonds is 6. The van der Waals surface area contributed by atoms with Crippen molar-refractivity contribution in [1.29, 1.82) is 0 Å². The van der Waals surface area contributed by atoms with E-state index in [2.05, 4.69) is 0 Å². The highest BCUT2D eigenvalue weighted by molar-refractivity contribution is 6.31. The number of nitrogens with zero attached hydrogens (tertiary/aromatic N) is 1. The summed E-state index contributed by atoms with van der Waals surface area (Å²) in [6.07, 6.45) is 0.533. The number of hydrogen-bond acceptors (Lipinski definition) is 3. The van der Waals surface area contributed by atoms with Crippen LogP contribution in [0.3, 0.4) is 0 Å². The molecule has 1 aliphatic rings. The predicted octanol–water partition coefficient (Wildman–Crippen LogP) is 5.22. The van der Waals surface area contributed by atoms with Crippen LogP contribution < -0.4 is 4.90 Å². The molecule has 0 aromatic heterocycles. The maximum absolute atomic E-state index is 13.5. The highest BCUT2D eigenvalue weighted by Crippen LogP contribution is 2.44. The first-order chi connectivity index (χ1) is 14.8. The molecule has 1 N–H and O–H groups in total. The van der Waals surface area contributed by atoms with Gasteiger partial charge in [0.2, 0.25) is 0 Å². The fourth-order valence-corrected chi connectivity index (χ4v) is 4.24. The zero-order chi connectivity index (χ0) is 22.2. The SMILES string of the molecule is CCc1ccc(C(=O)C[C@@]2(O)C(=O)N(Cc3ccccc3C)c3ccc(Cl)cc32)cc1. The first kappa shape index (κ1) is 21.3. The molecule has 4 rings (SSSR count). The van der Waals surface area contributed by atoms with E-state index in [1.165, 1.54) is 0 Å². The van der Waals surface area contributed by atoms with E-state index in [0.717, 1.165) is 23.1 Å². The molecule has 0 radical (unpaired) electrons. The van der Waals surface area contributed by atoms with Crippen LogP contribution in [0.5, 0.6) is 0 Å². The van der Waals surface area contributed by atoms with Crippen molar-refractivity contribution >= 4 is 29.0 Å². The summed E-state index contributed by atoms with van der Waals surface area (Å²) in [5.41, 5.74) is 2.61. The van der Waals surface area contributed by atoms with Crippen molar-refractivity contribution in [2.24, 2.45) is 0 Å². The molecule has 158 valence electrons. The maximum Gasteiger partial charge on any atom is 0.264 e. The molecule has 0 spiro atoms. The van der Waals surface area contributed by atoms with Gasteiger partial charge in [-0.15, -0.1) is 0 Å². The largest absolute Gasteiger partial charge is 0.375 e. The van der Waals surface area contributed by atoms with Crippen LogP contribution >= 0.6 is 11.6 Å². The molecule has 0 bridgehead atoms. The average molecular weight is 434 g/mol. The lowest BCUT2D eigenvalue weighted by Gasteiger charge is -2.23. The molecule has 0 saturated carbocycles. The first-order valence-electron chi connectivity index (χ1n) is 10.3. The number of Topliss-reactive ketones (excluding diaryl/α,β-unsaturated/α-hetero) is 1. The van der Waals surface area contributed by atoms with E-state index < -0.39 is 11.5 Å². The molecule has 4 nitrogen and oxygen atoms in total. The molecule has 1 amide bonds. The quantitative estimate of drug-likeness (QED) is 0.542. The summed E-state index contributed by atoms with van der Waals surface area (Å²) in [7, 11) is 0. The van der Waals surface area contributed by atoms with Gasteiger partial charge in [0, 0.05) is 16.1 Å². The number of carbonyl (C=O) groups excluding carboxylic acids is 2. The van der Waals surface area contributed by atoms with Crippen LogP contribution in [0.4, 0.5) is 5.69 Å².